The minimum Gasteiger partial charge on any atom is -0.481 e. The van der Waals surface area contributed by atoms with E-state index in [1.165, 1.54) is 0 Å². The lowest BCUT2D eigenvalue weighted by molar-refractivity contribution is -0.155. The van der Waals surface area contributed by atoms with Crippen LogP contribution in [0.15, 0.2) is 24.3 Å². The van der Waals surface area contributed by atoms with Crippen molar-refractivity contribution in [3.8, 4) is 0 Å². The predicted octanol–water partition coefficient (Wildman–Crippen LogP) is 3.59. The molecule has 4 aliphatic rings. The SMILES string of the molecule is CC1(C(=O)O)C2C=CC(C2)C1CCC1C2C=CC(C2)C1(C)C(=O)O. The maximum absolute atomic E-state index is 11.9. The van der Waals surface area contributed by atoms with Crippen LogP contribution < -0.4 is 0 Å². The molecule has 0 heterocycles. The van der Waals surface area contributed by atoms with Gasteiger partial charge in [0.05, 0.1) is 10.8 Å². The summed E-state index contributed by atoms with van der Waals surface area (Å²) >= 11 is 0. The van der Waals surface area contributed by atoms with Gasteiger partial charge >= 0.3 is 11.9 Å². The first kappa shape index (κ1) is 15.9. The Morgan fingerprint density at radius 1 is 0.833 bits per heavy atom. The number of fused-ring (bicyclic) bond motifs is 4. The summed E-state index contributed by atoms with van der Waals surface area (Å²) in [4.78, 5) is 23.9. The Kier molecular flexibility index (Phi) is 3.29. The Hall–Kier alpha value is -1.58. The third-order valence-corrected chi connectivity index (χ3v) is 8.06. The minimum absolute atomic E-state index is 0.131. The number of carboxylic acids is 2. The fraction of sp³-hybridized carbons (Fsp3) is 0.700. The third-order valence-electron chi connectivity index (χ3n) is 8.06. The Labute approximate surface area is 142 Å². The molecule has 4 heteroatoms. The summed E-state index contributed by atoms with van der Waals surface area (Å²) in [7, 11) is 0. The molecule has 0 amide bonds. The maximum Gasteiger partial charge on any atom is 0.310 e. The van der Waals surface area contributed by atoms with E-state index < -0.39 is 22.8 Å². The van der Waals surface area contributed by atoms with E-state index in [1.54, 1.807) is 0 Å². The number of hydrogen-bond acceptors (Lipinski definition) is 2. The summed E-state index contributed by atoms with van der Waals surface area (Å²) < 4.78 is 0. The molecular formula is C20H26O4. The summed E-state index contributed by atoms with van der Waals surface area (Å²) in [6.07, 6.45) is 12.1. The molecule has 2 fully saturated rings. The molecule has 4 nitrogen and oxygen atoms in total. The molecule has 4 aliphatic carbocycles. The molecule has 8 atom stereocenters. The van der Waals surface area contributed by atoms with Gasteiger partial charge in [-0.15, -0.1) is 0 Å². The second-order valence-corrected chi connectivity index (χ2v) is 8.75. The molecule has 2 N–H and O–H groups in total. The molecule has 0 aromatic rings. The van der Waals surface area contributed by atoms with Crippen molar-refractivity contribution in [1.29, 1.82) is 0 Å². The molecule has 0 radical (unpaired) electrons. The smallest absolute Gasteiger partial charge is 0.310 e. The number of carbonyl (C=O) groups is 2. The van der Waals surface area contributed by atoms with Crippen LogP contribution in [0.5, 0.6) is 0 Å². The molecule has 0 aromatic heterocycles. The van der Waals surface area contributed by atoms with Gasteiger partial charge in [0.15, 0.2) is 0 Å². The van der Waals surface area contributed by atoms with Crippen LogP contribution in [0.1, 0.15) is 39.5 Å². The van der Waals surface area contributed by atoms with Crippen LogP contribution in [0.4, 0.5) is 0 Å². The van der Waals surface area contributed by atoms with Crippen molar-refractivity contribution in [2.24, 2.45) is 46.3 Å². The van der Waals surface area contributed by atoms with Crippen LogP contribution in [-0.2, 0) is 9.59 Å². The molecule has 4 bridgehead atoms. The van der Waals surface area contributed by atoms with Crippen LogP contribution in [0.2, 0.25) is 0 Å². The van der Waals surface area contributed by atoms with Gasteiger partial charge in [0.25, 0.3) is 0 Å². The van der Waals surface area contributed by atoms with Crippen molar-refractivity contribution < 1.29 is 19.8 Å². The second kappa shape index (κ2) is 4.96. The normalized spacial score (nSPS) is 50.8. The molecule has 130 valence electrons. The molecule has 0 saturated heterocycles. The maximum atomic E-state index is 11.9. The van der Waals surface area contributed by atoms with Crippen LogP contribution in [0.3, 0.4) is 0 Å². The van der Waals surface area contributed by atoms with Crippen molar-refractivity contribution in [3.05, 3.63) is 24.3 Å². The molecule has 0 aliphatic heterocycles. The van der Waals surface area contributed by atoms with Gasteiger partial charge in [0.2, 0.25) is 0 Å². The van der Waals surface area contributed by atoms with Crippen LogP contribution in [0, 0.1) is 46.3 Å². The highest BCUT2D eigenvalue weighted by Crippen LogP contribution is 2.61. The van der Waals surface area contributed by atoms with Gasteiger partial charge in [0, 0.05) is 0 Å². The van der Waals surface area contributed by atoms with Crippen molar-refractivity contribution >= 4 is 11.9 Å². The van der Waals surface area contributed by atoms with E-state index in [9.17, 15) is 19.8 Å². The van der Waals surface area contributed by atoms with Gasteiger partial charge in [-0.25, -0.2) is 0 Å². The molecule has 0 spiro atoms. The zero-order chi connectivity index (χ0) is 17.3. The number of allylic oxidation sites excluding steroid dienone is 4. The van der Waals surface area contributed by atoms with Crippen molar-refractivity contribution in [2.75, 3.05) is 0 Å². The monoisotopic (exact) mass is 330 g/mol. The lowest BCUT2D eigenvalue weighted by Crippen LogP contribution is -2.42. The van der Waals surface area contributed by atoms with Gasteiger partial charge in [-0.3, -0.25) is 9.59 Å². The third kappa shape index (κ3) is 1.80. The van der Waals surface area contributed by atoms with Gasteiger partial charge < -0.3 is 10.2 Å². The first-order valence-electron chi connectivity index (χ1n) is 9.13. The van der Waals surface area contributed by atoms with E-state index >= 15 is 0 Å². The van der Waals surface area contributed by atoms with Gasteiger partial charge in [0.1, 0.15) is 0 Å². The predicted molar refractivity (Wildman–Crippen MR) is 89.2 cm³/mol. The van der Waals surface area contributed by atoms with Gasteiger partial charge in [-0.2, -0.15) is 0 Å². The van der Waals surface area contributed by atoms with Crippen molar-refractivity contribution in [2.45, 2.75) is 39.5 Å². The standard InChI is InChI=1S/C20H26O4/c1-19(17(21)22)13-5-3-11(9-13)15(19)7-8-16-12-4-6-14(10-12)20(16,2)18(23)24/h3-6,11-16H,7-10H2,1-2H3,(H,21,22)(H,23,24). The lowest BCUT2D eigenvalue weighted by atomic mass is 9.64. The zero-order valence-corrected chi connectivity index (χ0v) is 14.3. The van der Waals surface area contributed by atoms with E-state index in [2.05, 4.69) is 24.3 Å². The van der Waals surface area contributed by atoms with Gasteiger partial charge in [-0.1, -0.05) is 24.3 Å². The Balaban J connectivity index is 1.55. The van der Waals surface area contributed by atoms with E-state index in [-0.39, 0.29) is 23.7 Å². The Morgan fingerprint density at radius 3 is 1.54 bits per heavy atom. The summed E-state index contributed by atoms with van der Waals surface area (Å²) in [6.45, 7) is 3.79. The number of rotatable bonds is 5. The fourth-order valence-electron chi connectivity index (χ4n) is 6.40. The van der Waals surface area contributed by atoms with E-state index in [1.807, 2.05) is 13.8 Å². The Bertz CT molecular complexity index is 594. The summed E-state index contributed by atoms with van der Waals surface area (Å²) in [5.74, 6) is -0.164. The summed E-state index contributed by atoms with van der Waals surface area (Å²) in [6, 6.07) is 0. The number of aliphatic carboxylic acids is 2. The highest BCUT2D eigenvalue weighted by molar-refractivity contribution is 5.77. The van der Waals surface area contributed by atoms with E-state index in [0.717, 1.165) is 25.7 Å². The molecule has 4 rings (SSSR count). The first-order chi connectivity index (χ1) is 11.3. The molecule has 24 heavy (non-hydrogen) atoms. The fourth-order valence-corrected chi connectivity index (χ4v) is 6.40. The highest BCUT2D eigenvalue weighted by atomic mass is 16.4. The summed E-state index contributed by atoms with van der Waals surface area (Å²) in [5, 5.41) is 19.6. The van der Waals surface area contributed by atoms with Crippen molar-refractivity contribution in [3.63, 3.8) is 0 Å². The molecular weight excluding hydrogens is 304 g/mol. The van der Waals surface area contributed by atoms with Crippen molar-refractivity contribution in [1.82, 2.24) is 0 Å². The number of hydrogen-bond donors (Lipinski definition) is 2. The largest absolute Gasteiger partial charge is 0.481 e. The van der Waals surface area contributed by atoms with Crippen LogP contribution >= 0.6 is 0 Å². The van der Waals surface area contributed by atoms with E-state index in [0.29, 0.717) is 11.8 Å². The molecule has 8 unspecified atom stereocenters. The average molecular weight is 330 g/mol. The van der Waals surface area contributed by atoms with Crippen LogP contribution in [-0.4, -0.2) is 22.2 Å². The Morgan fingerprint density at radius 2 is 1.21 bits per heavy atom. The zero-order valence-electron chi connectivity index (χ0n) is 14.3. The lowest BCUT2D eigenvalue weighted by Gasteiger charge is -2.39. The first-order valence-corrected chi connectivity index (χ1v) is 9.13. The topological polar surface area (TPSA) is 74.6 Å². The second-order valence-electron chi connectivity index (χ2n) is 8.75. The number of carboxylic acid groups (broad SMARTS) is 2. The highest BCUT2D eigenvalue weighted by Gasteiger charge is 2.60. The van der Waals surface area contributed by atoms with E-state index in [4.69, 9.17) is 0 Å². The van der Waals surface area contributed by atoms with Crippen LogP contribution in [0.25, 0.3) is 0 Å². The molecule has 2 saturated carbocycles. The minimum atomic E-state index is -0.696. The van der Waals surface area contributed by atoms with Gasteiger partial charge in [-0.05, 0) is 75.0 Å². The summed E-state index contributed by atoms with van der Waals surface area (Å²) in [5.41, 5.74) is -1.38. The molecule has 0 aromatic carbocycles. The average Bonchev–Trinajstić information content (AvgIpc) is 3.26. The quantitative estimate of drug-likeness (QED) is 0.755.